The number of aryl methyl sites for hydroxylation is 2. The minimum atomic E-state index is -4.62. The van der Waals surface area contributed by atoms with Gasteiger partial charge in [-0.2, -0.15) is 26.3 Å². The summed E-state index contributed by atoms with van der Waals surface area (Å²) in [6.45, 7) is 19.9. The maximum Gasteiger partial charge on any atom is 0.495 e. The Kier molecular flexibility index (Phi) is 14.8. The Bertz CT molecular complexity index is 2150. The molecular weight excluding hydrogens is 796 g/mol. The van der Waals surface area contributed by atoms with Crippen LogP contribution in [0, 0.1) is 13.8 Å². The maximum atomic E-state index is 12.8. The molecule has 0 unspecified atom stereocenters. The molecule has 2 aliphatic heterocycles. The van der Waals surface area contributed by atoms with E-state index in [0.29, 0.717) is 11.8 Å². The molecule has 2 aliphatic rings. The summed E-state index contributed by atoms with van der Waals surface area (Å²) >= 11 is 0. The lowest BCUT2D eigenvalue weighted by Gasteiger charge is -2.32. The Morgan fingerprint density at radius 1 is 0.633 bits per heavy atom. The first-order chi connectivity index (χ1) is 26.9. The molecule has 0 spiro atoms. The lowest BCUT2D eigenvalue weighted by Crippen LogP contribution is -2.41. The first-order valence-electron chi connectivity index (χ1n) is 18.2. The van der Waals surface area contributed by atoms with Crippen LogP contribution in [0.25, 0.3) is 0 Å². The van der Waals surface area contributed by atoms with E-state index in [4.69, 9.17) is 29.5 Å². The molecule has 1 amide bonds. The molecule has 4 heterocycles. The third kappa shape index (κ3) is 11.6. The van der Waals surface area contributed by atoms with Gasteiger partial charge in [-0.25, -0.2) is 4.79 Å². The molecule has 324 valence electrons. The Hall–Kier alpha value is -4.97. The van der Waals surface area contributed by atoms with Gasteiger partial charge in [-0.15, -0.1) is 0 Å². The van der Waals surface area contributed by atoms with Crippen molar-refractivity contribution in [2.75, 3.05) is 11.1 Å². The number of amides is 1. The fraction of sp³-hybridized carbons (Fsp3) is 0.415. The highest BCUT2D eigenvalue weighted by Gasteiger charge is 2.53. The third-order valence-electron chi connectivity index (χ3n) is 10.5. The van der Waals surface area contributed by atoms with Gasteiger partial charge >= 0.3 is 32.6 Å². The van der Waals surface area contributed by atoms with Crippen molar-refractivity contribution >= 4 is 48.4 Å². The van der Waals surface area contributed by atoms with Crippen LogP contribution in [0.5, 0.6) is 0 Å². The number of anilines is 2. The van der Waals surface area contributed by atoms with Gasteiger partial charge in [-0.3, -0.25) is 14.8 Å². The van der Waals surface area contributed by atoms with E-state index in [1.807, 2.05) is 59.7 Å². The third-order valence-corrected chi connectivity index (χ3v) is 10.5. The van der Waals surface area contributed by atoms with E-state index in [9.17, 15) is 35.9 Å². The van der Waals surface area contributed by atoms with Gasteiger partial charge in [0, 0.05) is 29.3 Å². The number of hydrogen-bond donors (Lipinski definition) is 3. The predicted octanol–water partition coefficient (Wildman–Crippen LogP) is 8.27. The summed E-state index contributed by atoms with van der Waals surface area (Å²) in [6.07, 6.45) is -7.45. The highest BCUT2D eigenvalue weighted by Crippen LogP contribution is 2.38. The van der Waals surface area contributed by atoms with Crippen molar-refractivity contribution in [1.82, 2.24) is 9.97 Å². The number of halogens is 6. The van der Waals surface area contributed by atoms with E-state index in [-0.39, 0.29) is 31.3 Å². The van der Waals surface area contributed by atoms with Crippen LogP contribution in [0.3, 0.4) is 0 Å². The number of carbonyl (C=O) groups is 2. The molecule has 11 nitrogen and oxygen atoms in total. The Balaban J connectivity index is 0.000000263. The fourth-order valence-corrected chi connectivity index (χ4v) is 5.47. The second-order valence-corrected chi connectivity index (χ2v) is 16.0. The number of alkyl halides is 6. The number of carbonyl (C=O) groups excluding carboxylic acids is 1. The summed E-state index contributed by atoms with van der Waals surface area (Å²) in [6, 6.07) is 14.4. The highest BCUT2D eigenvalue weighted by atomic mass is 19.4. The number of hydrogen-bond acceptors (Lipinski definition) is 9. The molecule has 2 saturated heterocycles. The van der Waals surface area contributed by atoms with Crippen LogP contribution in [0.1, 0.15) is 106 Å². The van der Waals surface area contributed by atoms with E-state index < -0.39 is 59.5 Å². The summed E-state index contributed by atoms with van der Waals surface area (Å²) in [5.74, 6) is -2.07. The van der Waals surface area contributed by atoms with Gasteiger partial charge in [0.05, 0.1) is 28.0 Å². The van der Waals surface area contributed by atoms with E-state index in [2.05, 4.69) is 43.0 Å². The Labute approximate surface area is 346 Å². The van der Waals surface area contributed by atoms with Crippen molar-refractivity contribution in [3.63, 3.8) is 0 Å². The van der Waals surface area contributed by atoms with E-state index in [1.165, 1.54) is 6.07 Å². The smallest absolute Gasteiger partial charge is 0.478 e. The molecule has 0 atom stereocenters. The molecule has 2 fully saturated rings. The van der Waals surface area contributed by atoms with Crippen LogP contribution in [-0.4, -0.2) is 63.6 Å². The topological polar surface area (TPSA) is 155 Å². The van der Waals surface area contributed by atoms with E-state index in [1.54, 1.807) is 18.2 Å². The van der Waals surface area contributed by atoms with Crippen LogP contribution in [0.2, 0.25) is 0 Å². The van der Waals surface area contributed by atoms with Crippen LogP contribution in [0.4, 0.5) is 37.7 Å². The van der Waals surface area contributed by atoms with Gasteiger partial charge in [0.2, 0.25) is 0 Å². The molecule has 6 rings (SSSR count). The van der Waals surface area contributed by atoms with Crippen LogP contribution < -0.4 is 22.0 Å². The molecule has 4 N–H and O–H groups in total. The Morgan fingerprint density at radius 2 is 1.02 bits per heavy atom. The summed E-state index contributed by atoms with van der Waals surface area (Å²) in [4.78, 5) is 29.0. The average Bonchev–Trinajstić information content (AvgIpc) is 3.48. The minimum absolute atomic E-state index is 0. The summed E-state index contributed by atoms with van der Waals surface area (Å²) in [5, 5.41) is 11.0. The Morgan fingerprint density at radius 3 is 1.43 bits per heavy atom. The highest BCUT2D eigenvalue weighted by molar-refractivity contribution is 6.63. The molecule has 0 radical (unpaired) electrons. The second kappa shape index (κ2) is 17.9. The zero-order valence-corrected chi connectivity index (χ0v) is 34.2. The number of nitrogen functional groups attached to an aromatic ring is 1. The van der Waals surface area contributed by atoms with Crippen molar-refractivity contribution in [3.05, 3.63) is 107 Å². The molecule has 0 aliphatic carbocycles. The van der Waals surface area contributed by atoms with Crippen molar-refractivity contribution in [3.8, 4) is 0 Å². The zero-order valence-electron chi connectivity index (χ0n) is 34.2. The first kappa shape index (κ1) is 49.4. The van der Waals surface area contributed by atoms with Crippen molar-refractivity contribution in [2.24, 2.45) is 0 Å². The van der Waals surface area contributed by atoms with Crippen molar-refractivity contribution < 1.29 is 59.7 Å². The first-order valence-corrected chi connectivity index (χ1v) is 18.2. The number of benzene rings is 2. The average molecular weight is 846 g/mol. The number of rotatable bonds is 5. The molecule has 2 aromatic heterocycles. The van der Waals surface area contributed by atoms with Gasteiger partial charge < -0.3 is 34.8 Å². The SMILES string of the molecule is C.Cc1ccc(N)cc1B1OC(C)(C)C(C)(C)O1.Cc1ccc(NC(=O)c2ccnc(C(F)(F)F)c2)cc1B1OC(C)(C)C(C)(C)O1.O=C(O)c1ccnc(C(F)(F)F)c1. The number of pyridine rings is 2. The number of nitrogens with one attached hydrogen (secondary N) is 1. The van der Waals surface area contributed by atoms with Crippen LogP contribution >= 0.6 is 0 Å². The van der Waals surface area contributed by atoms with Gasteiger partial charge in [0.1, 0.15) is 11.4 Å². The number of nitrogens with zero attached hydrogens (tertiary/aromatic N) is 2. The number of nitrogens with two attached hydrogens (primary N) is 1. The monoisotopic (exact) mass is 846 g/mol. The maximum absolute atomic E-state index is 12.8. The standard InChI is InChI=1S/C20H22BF3N2O3.C13H20BNO2.C7H4F3NO2.CH4/c1-12-6-7-14(11-15(12)21-28-18(2,3)19(4,5)29-21)26-17(27)13-8-9-25-16(10-13)20(22,23)24;1-9-6-7-10(15)8-11(9)14-16-12(2,3)13(4,5)17-14;8-7(9,10)5-3-4(6(12)13)1-2-11-5;/h6-11H,1-5H3,(H,26,27);6-8H,15H2,1-5H3;1-3H,(H,12,13);1H4. The number of aromatic nitrogens is 2. The van der Waals surface area contributed by atoms with Crippen molar-refractivity contribution in [2.45, 2.75) is 111 Å². The second-order valence-electron chi connectivity index (χ2n) is 16.0. The molecule has 19 heteroatoms. The molecule has 0 bridgehead atoms. The summed E-state index contributed by atoms with van der Waals surface area (Å²) < 4.78 is 98.6. The number of carboxylic acids is 1. The number of carboxylic acid groups (broad SMARTS) is 1. The van der Waals surface area contributed by atoms with Gasteiger partial charge in [0.15, 0.2) is 0 Å². The number of aromatic carboxylic acids is 1. The quantitative estimate of drug-likeness (QED) is 0.102. The lowest BCUT2D eigenvalue weighted by molar-refractivity contribution is -0.142. The van der Waals surface area contributed by atoms with E-state index >= 15 is 0 Å². The van der Waals surface area contributed by atoms with Gasteiger partial charge in [-0.1, -0.05) is 30.7 Å². The van der Waals surface area contributed by atoms with Crippen LogP contribution in [0.15, 0.2) is 73.1 Å². The zero-order chi connectivity index (χ0) is 44.5. The predicted molar refractivity (Wildman–Crippen MR) is 218 cm³/mol. The minimum Gasteiger partial charge on any atom is -0.478 e. The van der Waals surface area contributed by atoms with Gasteiger partial charge in [0.25, 0.3) is 5.91 Å². The summed E-state index contributed by atoms with van der Waals surface area (Å²) in [7, 11) is -0.946. The normalized spacial score (nSPS) is 17.3. The molecule has 60 heavy (non-hydrogen) atoms. The summed E-state index contributed by atoms with van der Waals surface area (Å²) in [5.41, 5.74) is 6.24. The molecular formula is C41H50B2F6N4O7. The molecule has 2 aromatic carbocycles. The fourth-order valence-electron chi connectivity index (χ4n) is 5.47. The van der Waals surface area contributed by atoms with E-state index in [0.717, 1.165) is 52.3 Å². The molecule has 4 aromatic rings. The van der Waals surface area contributed by atoms with Crippen molar-refractivity contribution in [1.29, 1.82) is 0 Å². The largest absolute Gasteiger partial charge is 0.495 e. The molecule has 0 saturated carbocycles. The lowest BCUT2D eigenvalue weighted by atomic mass is 9.76. The van der Waals surface area contributed by atoms with Crippen LogP contribution in [-0.2, 0) is 31.0 Å². The van der Waals surface area contributed by atoms with Gasteiger partial charge in [-0.05, 0) is 129 Å².